The van der Waals surface area contributed by atoms with Crippen molar-refractivity contribution in [3.05, 3.63) is 35.6 Å². The van der Waals surface area contributed by atoms with Gasteiger partial charge in [0.05, 0.1) is 6.04 Å². The predicted molar refractivity (Wildman–Crippen MR) is 67.0 cm³/mol. The largest absolute Gasteiger partial charge is 0.338 e. The van der Waals surface area contributed by atoms with E-state index in [-0.39, 0.29) is 17.8 Å². The normalized spacial score (nSPS) is 13.3. The van der Waals surface area contributed by atoms with Gasteiger partial charge >= 0.3 is 0 Å². The molecule has 1 aromatic rings. The molecule has 0 aliphatic rings. The Morgan fingerprint density at radius 2 is 1.82 bits per heavy atom. The fourth-order valence-electron chi connectivity index (χ4n) is 1.73. The number of hydrogen-bond acceptors (Lipinski definition) is 1. The van der Waals surface area contributed by atoms with E-state index in [1.165, 1.54) is 6.07 Å². The first kappa shape index (κ1) is 13.7. The fraction of sp³-hybridized carbons (Fsp3) is 0.500. The summed E-state index contributed by atoms with van der Waals surface area (Å²) < 4.78 is 13.6. The van der Waals surface area contributed by atoms with E-state index in [2.05, 4.69) is 0 Å². The third kappa shape index (κ3) is 3.05. The molecule has 1 atom stereocenters. The van der Waals surface area contributed by atoms with E-state index < -0.39 is 5.41 Å². The van der Waals surface area contributed by atoms with E-state index in [4.69, 9.17) is 0 Å². The maximum Gasteiger partial charge on any atom is 0.228 e. The summed E-state index contributed by atoms with van der Waals surface area (Å²) in [6.45, 7) is 7.42. The van der Waals surface area contributed by atoms with Crippen molar-refractivity contribution in [3.8, 4) is 0 Å². The first-order chi connectivity index (χ1) is 7.75. The molecule has 0 saturated heterocycles. The van der Waals surface area contributed by atoms with E-state index in [0.717, 1.165) is 0 Å². The molecule has 0 heterocycles. The van der Waals surface area contributed by atoms with Gasteiger partial charge in [0, 0.05) is 18.0 Å². The third-order valence-electron chi connectivity index (χ3n) is 2.90. The lowest BCUT2D eigenvalue weighted by Crippen LogP contribution is -2.38. The summed E-state index contributed by atoms with van der Waals surface area (Å²) in [5.41, 5.74) is 0.0986. The molecule has 1 unspecified atom stereocenters. The maximum atomic E-state index is 13.6. The van der Waals surface area contributed by atoms with Crippen molar-refractivity contribution in [2.24, 2.45) is 5.41 Å². The van der Waals surface area contributed by atoms with Crippen molar-refractivity contribution in [2.45, 2.75) is 33.7 Å². The minimum atomic E-state index is -0.450. The van der Waals surface area contributed by atoms with Crippen LogP contribution in [0.1, 0.15) is 39.3 Å². The SMILES string of the molecule is CC(c1ccccc1F)N(C)C(=O)C(C)(C)C. The maximum absolute atomic E-state index is 13.6. The Hall–Kier alpha value is -1.38. The van der Waals surface area contributed by atoms with Crippen LogP contribution < -0.4 is 0 Å². The number of halogens is 1. The molecule has 1 aromatic carbocycles. The average molecular weight is 237 g/mol. The molecule has 1 rings (SSSR count). The number of hydrogen-bond donors (Lipinski definition) is 0. The van der Waals surface area contributed by atoms with E-state index in [9.17, 15) is 9.18 Å². The summed E-state index contributed by atoms with van der Waals surface area (Å²) in [6.07, 6.45) is 0. The molecular weight excluding hydrogens is 217 g/mol. The van der Waals surface area contributed by atoms with Crippen LogP contribution in [0.5, 0.6) is 0 Å². The molecule has 1 amide bonds. The lowest BCUT2D eigenvalue weighted by atomic mass is 9.93. The van der Waals surface area contributed by atoms with Crippen LogP contribution in [0.15, 0.2) is 24.3 Å². The van der Waals surface area contributed by atoms with Gasteiger partial charge in [-0.1, -0.05) is 39.0 Å². The van der Waals surface area contributed by atoms with Crippen LogP contribution >= 0.6 is 0 Å². The topological polar surface area (TPSA) is 20.3 Å². The number of carbonyl (C=O) groups is 1. The zero-order chi connectivity index (χ0) is 13.2. The summed E-state index contributed by atoms with van der Waals surface area (Å²) in [5.74, 6) is -0.262. The average Bonchev–Trinajstić information content (AvgIpc) is 2.25. The Kier molecular flexibility index (Phi) is 3.91. The van der Waals surface area contributed by atoms with Gasteiger partial charge in [-0.25, -0.2) is 4.39 Å². The molecule has 0 saturated carbocycles. The molecule has 0 aliphatic heterocycles. The van der Waals surface area contributed by atoms with E-state index >= 15 is 0 Å². The van der Waals surface area contributed by atoms with Crippen molar-refractivity contribution in [3.63, 3.8) is 0 Å². The van der Waals surface area contributed by atoms with Crippen LogP contribution in [0.2, 0.25) is 0 Å². The highest BCUT2D eigenvalue weighted by Gasteiger charge is 2.28. The van der Waals surface area contributed by atoms with Crippen molar-refractivity contribution in [1.82, 2.24) is 4.90 Å². The highest BCUT2D eigenvalue weighted by atomic mass is 19.1. The van der Waals surface area contributed by atoms with E-state index in [0.29, 0.717) is 5.56 Å². The van der Waals surface area contributed by atoms with Gasteiger partial charge in [-0.15, -0.1) is 0 Å². The molecular formula is C14H20FNO. The Labute approximate surface area is 102 Å². The Morgan fingerprint density at radius 1 is 1.29 bits per heavy atom. The van der Waals surface area contributed by atoms with Crippen LogP contribution in [0, 0.1) is 11.2 Å². The van der Waals surface area contributed by atoms with E-state index in [1.54, 1.807) is 30.1 Å². The summed E-state index contributed by atoms with van der Waals surface area (Å²) in [6, 6.07) is 6.30. The lowest BCUT2D eigenvalue weighted by Gasteiger charge is -2.31. The van der Waals surface area contributed by atoms with Gasteiger partial charge in [0.1, 0.15) is 5.82 Å². The van der Waals surface area contributed by atoms with Crippen molar-refractivity contribution in [2.75, 3.05) is 7.05 Å². The van der Waals surface area contributed by atoms with Crippen LogP contribution in [-0.2, 0) is 4.79 Å². The monoisotopic (exact) mass is 237 g/mol. The Balaban J connectivity index is 2.95. The minimum Gasteiger partial charge on any atom is -0.338 e. The summed E-state index contributed by atoms with van der Waals surface area (Å²) >= 11 is 0. The van der Waals surface area contributed by atoms with Crippen molar-refractivity contribution in [1.29, 1.82) is 0 Å². The Morgan fingerprint density at radius 3 is 2.29 bits per heavy atom. The zero-order valence-corrected chi connectivity index (χ0v) is 11.1. The molecule has 0 aromatic heterocycles. The highest BCUT2D eigenvalue weighted by molar-refractivity contribution is 5.81. The molecule has 3 heteroatoms. The van der Waals surface area contributed by atoms with Gasteiger partial charge in [-0.05, 0) is 13.0 Å². The van der Waals surface area contributed by atoms with Crippen LogP contribution in [0.3, 0.4) is 0 Å². The van der Waals surface area contributed by atoms with Crippen LogP contribution in [0.25, 0.3) is 0 Å². The zero-order valence-electron chi connectivity index (χ0n) is 11.1. The number of carbonyl (C=O) groups excluding carboxylic acids is 1. The summed E-state index contributed by atoms with van der Waals surface area (Å²) in [5, 5.41) is 0. The third-order valence-corrected chi connectivity index (χ3v) is 2.90. The molecule has 17 heavy (non-hydrogen) atoms. The number of amides is 1. The number of nitrogens with zero attached hydrogens (tertiary/aromatic N) is 1. The van der Waals surface area contributed by atoms with Crippen LogP contribution in [0.4, 0.5) is 4.39 Å². The quantitative estimate of drug-likeness (QED) is 0.772. The van der Waals surface area contributed by atoms with Gasteiger partial charge < -0.3 is 4.90 Å². The summed E-state index contributed by atoms with van der Waals surface area (Å²) in [7, 11) is 1.71. The molecule has 0 fully saturated rings. The summed E-state index contributed by atoms with van der Waals surface area (Å²) in [4.78, 5) is 13.7. The number of rotatable bonds is 2. The Bertz CT molecular complexity index is 409. The molecule has 0 radical (unpaired) electrons. The lowest BCUT2D eigenvalue weighted by molar-refractivity contribution is -0.140. The standard InChI is InChI=1S/C14H20FNO/c1-10(11-8-6-7-9-12(11)15)16(5)13(17)14(2,3)4/h6-10H,1-5H3. The number of benzene rings is 1. The van der Waals surface area contributed by atoms with Gasteiger partial charge in [0.25, 0.3) is 0 Å². The second kappa shape index (κ2) is 4.86. The first-order valence-electron chi connectivity index (χ1n) is 5.77. The predicted octanol–water partition coefficient (Wildman–Crippen LogP) is 3.39. The fourth-order valence-corrected chi connectivity index (χ4v) is 1.73. The second-order valence-corrected chi connectivity index (χ2v) is 5.36. The molecule has 94 valence electrons. The van der Waals surface area contributed by atoms with E-state index in [1.807, 2.05) is 27.7 Å². The highest BCUT2D eigenvalue weighted by Crippen LogP contribution is 2.26. The minimum absolute atomic E-state index is 0.00764. The molecule has 2 nitrogen and oxygen atoms in total. The van der Waals surface area contributed by atoms with Gasteiger partial charge in [0.15, 0.2) is 0 Å². The molecule has 0 bridgehead atoms. The molecule has 0 spiro atoms. The van der Waals surface area contributed by atoms with Gasteiger partial charge in [-0.3, -0.25) is 4.79 Å². The van der Waals surface area contributed by atoms with Crippen LogP contribution in [-0.4, -0.2) is 17.9 Å². The van der Waals surface area contributed by atoms with Gasteiger partial charge in [-0.2, -0.15) is 0 Å². The van der Waals surface area contributed by atoms with Crippen molar-refractivity contribution >= 4 is 5.91 Å². The second-order valence-electron chi connectivity index (χ2n) is 5.36. The van der Waals surface area contributed by atoms with Crippen molar-refractivity contribution < 1.29 is 9.18 Å². The smallest absolute Gasteiger partial charge is 0.228 e. The van der Waals surface area contributed by atoms with Gasteiger partial charge in [0.2, 0.25) is 5.91 Å². The molecule has 0 aliphatic carbocycles. The molecule has 0 N–H and O–H groups in total. The first-order valence-corrected chi connectivity index (χ1v) is 5.77.